The van der Waals surface area contributed by atoms with E-state index in [1.165, 1.54) is 6.42 Å². The van der Waals surface area contributed by atoms with Crippen molar-refractivity contribution in [3.05, 3.63) is 23.9 Å². The van der Waals surface area contributed by atoms with Gasteiger partial charge in [-0.1, -0.05) is 0 Å². The number of hydrogen-bond donors (Lipinski definition) is 2. The number of aromatic nitrogens is 1. The number of pyridine rings is 1. The molecule has 0 radical (unpaired) electrons. The van der Waals surface area contributed by atoms with Crippen molar-refractivity contribution in [3.63, 3.8) is 0 Å². The maximum Gasteiger partial charge on any atom is 0.139 e. The number of amidine groups is 1. The van der Waals surface area contributed by atoms with Gasteiger partial charge in [0.15, 0.2) is 0 Å². The summed E-state index contributed by atoms with van der Waals surface area (Å²) in [4.78, 5) is 6.40. The maximum absolute atomic E-state index is 7.58. The first-order chi connectivity index (χ1) is 8.68. The Morgan fingerprint density at radius 3 is 3.17 bits per heavy atom. The van der Waals surface area contributed by atoms with Crippen molar-refractivity contribution < 1.29 is 4.74 Å². The van der Waals surface area contributed by atoms with E-state index < -0.39 is 0 Å². The molecule has 2 rings (SSSR count). The minimum absolute atomic E-state index is 0.0600. The van der Waals surface area contributed by atoms with E-state index >= 15 is 0 Å². The standard InChI is InChI=1S/C13H20N4O/c1-17(8-10-4-3-7-18-9-10)13-11(12(14)15)5-2-6-16-13/h2,5-6,10H,3-4,7-9H2,1H3,(H3,14,15). The quantitative estimate of drug-likeness (QED) is 0.620. The van der Waals surface area contributed by atoms with Crippen molar-refractivity contribution in [2.45, 2.75) is 12.8 Å². The van der Waals surface area contributed by atoms with E-state index in [2.05, 4.69) is 9.88 Å². The highest BCUT2D eigenvalue weighted by Crippen LogP contribution is 2.20. The SMILES string of the molecule is CN(CC1CCCOC1)c1ncccc1C(=N)N. The molecule has 0 spiro atoms. The Bertz CT molecular complexity index is 415. The monoisotopic (exact) mass is 248 g/mol. The van der Waals surface area contributed by atoms with E-state index in [4.69, 9.17) is 15.9 Å². The number of nitrogen functional groups attached to an aromatic ring is 1. The summed E-state index contributed by atoms with van der Waals surface area (Å²) in [7, 11) is 1.99. The molecule has 0 amide bonds. The summed E-state index contributed by atoms with van der Waals surface area (Å²) in [5.41, 5.74) is 6.27. The van der Waals surface area contributed by atoms with Gasteiger partial charge in [-0.15, -0.1) is 0 Å². The second-order valence-electron chi connectivity index (χ2n) is 4.75. The van der Waals surface area contributed by atoms with E-state index in [1.54, 1.807) is 12.3 Å². The third-order valence-corrected chi connectivity index (χ3v) is 3.23. The lowest BCUT2D eigenvalue weighted by Crippen LogP contribution is -2.32. The van der Waals surface area contributed by atoms with Crippen LogP contribution < -0.4 is 10.6 Å². The van der Waals surface area contributed by atoms with Crippen molar-refractivity contribution in [2.24, 2.45) is 11.7 Å². The van der Waals surface area contributed by atoms with E-state index in [0.717, 1.165) is 32.0 Å². The Morgan fingerprint density at radius 2 is 2.50 bits per heavy atom. The first kappa shape index (κ1) is 12.8. The predicted molar refractivity (Wildman–Crippen MR) is 72.1 cm³/mol. The Hall–Kier alpha value is -1.62. The predicted octanol–water partition coefficient (Wildman–Crippen LogP) is 1.23. The summed E-state index contributed by atoms with van der Waals surface area (Å²) in [6, 6.07) is 3.64. The van der Waals surface area contributed by atoms with Gasteiger partial charge in [0, 0.05) is 26.4 Å². The Balaban J connectivity index is 2.08. The van der Waals surface area contributed by atoms with Gasteiger partial charge in [-0.2, -0.15) is 0 Å². The summed E-state index contributed by atoms with van der Waals surface area (Å²) in [6.45, 7) is 2.58. The fourth-order valence-electron chi connectivity index (χ4n) is 2.34. The van der Waals surface area contributed by atoms with Crippen molar-refractivity contribution in [1.82, 2.24) is 4.98 Å². The molecule has 0 aliphatic carbocycles. The lowest BCUT2D eigenvalue weighted by molar-refractivity contribution is 0.0576. The number of ether oxygens (including phenoxy) is 1. The maximum atomic E-state index is 7.58. The van der Waals surface area contributed by atoms with Crippen LogP contribution in [0.5, 0.6) is 0 Å². The summed E-state index contributed by atoms with van der Waals surface area (Å²) < 4.78 is 5.48. The molecule has 1 aliphatic heterocycles. The smallest absolute Gasteiger partial charge is 0.139 e. The number of nitrogens with zero attached hydrogens (tertiary/aromatic N) is 2. The van der Waals surface area contributed by atoms with Crippen LogP contribution in [0.2, 0.25) is 0 Å². The molecule has 5 nitrogen and oxygen atoms in total. The van der Waals surface area contributed by atoms with Gasteiger partial charge in [-0.25, -0.2) is 4.98 Å². The fraction of sp³-hybridized carbons (Fsp3) is 0.538. The van der Waals surface area contributed by atoms with E-state index in [1.807, 2.05) is 13.1 Å². The molecule has 1 aliphatic rings. The first-order valence-corrected chi connectivity index (χ1v) is 6.26. The third kappa shape index (κ3) is 2.98. The molecule has 0 bridgehead atoms. The largest absolute Gasteiger partial charge is 0.384 e. The second kappa shape index (κ2) is 5.82. The van der Waals surface area contributed by atoms with Crippen LogP contribution in [0.25, 0.3) is 0 Å². The molecule has 98 valence electrons. The lowest BCUT2D eigenvalue weighted by atomic mass is 10.0. The third-order valence-electron chi connectivity index (χ3n) is 3.23. The molecule has 1 saturated heterocycles. The molecule has 1 aromatic rings. The van der Waals surface area contributed by atoms with Gasteiger partial charge in [0.05, 0.1) is 12.2 Å². The normalized spacial score (nSPS) is 19.5. The van der Waals surface area contributed by atoms with Gasteiger partial charge in [0.25, 0.3) is 0 Å². The van der Waals surface area contributed by atoms with E-state index in [0.29, 0.717) is 11.5 Å². The topological polar surface area (TPSA) is 75.2 Å². The molecule has 0 saturated carbocycles. The molecule has 5 heteroatoms. The minimum atomic E-state index is 0.0600. The van der Waals surface area contributed by atoms with Crippen LogP contribution in [-0.4, -0.2) is 37.6 Å². The van der Waals surface area contributed by atoms with Gasteiger partial charge in [0.1, 0.15) is 11.7 Å². The van der Waals surface area contributed by atoms with Crippen LogP contribution in [0.1, 0.15) is 18.4 Å². The van der Waals surface area contributed by atoms with Crippen LogP contribution in [-0.2, 0) is 4.74 Å². The molecule has 1 fully saturated rings. The number of anilines is 1. The zero-order valence-corrected chi connectivity index (χ0v) is 10.7. The highest BCUT2D eigenvalue weighted by molar-refractivity contribution is 5.99. The average molecular weight is 248 g/mol. The van der Waals surface area contributed by atoms with Crippen LogP contribution in [0.4, 0.5) is 5.82 Å². The van der Waals surface area contributed by atoms with E-state index in [9.17, 15) is 0 Å². The zero-order valence-electron chi connectivity index (χ0n) is 10.7. The molecular weight excluding hydrogens is 228 g/mol. The van der Waals surface area contributed by atoms with Gasteiger partial charge in [-0.3, -0.25) is 5.41 Å². The molecule has 18 heavy (non-hydrogen) atoms. The van der Waals surface area contributed by atoms with Gasteiger partial charge < -0.3 is 15.4 Å². The first-order valence-electron chi connectivity index (χ1n) is 6.26. The fourth-order valence-corrected chi connectivity index (χ4v) is 2.34. The lowest BCUT2D eigenvalue weighted by Gasteiger charge is -2.28. The molecule has 1 aromatic heterocycles. The van der Waals surface area contributed by atoms with Crippen LogP contribution in [0.3, 0.4) is 0 Å². The second-order valence-corrected chi connectivity index (χ2v) is 4.75. The molecule has 1 atom stereocenters. The Kier molecular flexibility index (Phi) is 4.15. The number of nitrogens with one attached hydrogen (secondary N) is 1. The summed E-state index contributed by atoms with van der Waals surface area (Å²) >= 11 is 0. The number of hydrogen-bond acceptors (Lipinski definition) is 4. The molecule has 2 heterocycles. The number of nitrogens with two attached hydrogens (primary N) is 1. The summed E-state index contributed by atoms with van der Waals surface area (Å²) in [6.07, 6.45) is 4.04. The Morgan fingerprint density at radius 1 is 1.67 bits per heavy atom. The summed E-state index contributed by atoms with van der Waals surface area (Å²) in [5, 5.41) is 7.58. The minimum Gasteiger partial charge on any atom is -0.384 e. The van der Waals surface area contributed by atoms with Gasteiger partial charge in [-0.05, 0) is 30.9 Å². The molecule has 3 N–H and O–H groups in total. The van der Waals surface area contributed by atoms with Crippen molar-refractivity contribution >= 4 is 11.7 Å². The molecule has 0 aromatic carbocycles. The average Bonchev–Trinajstić information content (AvgIpc) is 2.40. The molecular formula is C13H20N4O. The highest BCUT2D eigenvalue weighted by atomic mass is 16.5. The van der Waals surface area contributed by atoms with E-state index in [-0.39, 0.29) is 5.84 Å². The number of rotatable bonds is 4. The Labute approximate surface area is 107 Å². The van der Waals surface area contributed by atoms with Crippen molar-refractivity contribution in [2.75, 3.05) is 31.7 Å². The van der Waals surface area contributed by atoms with Crippen LogP contribution in [0, 0.1) is 11.3 Å². The zero-order chi connectivity index (χ0) is 13.0. The van der Waals surface area contributed by atoms with Crippen LogP contribution in [0.15, 0.2) is 18.3 Å². The van der Waals surface area contributed by atoms with Gasteiger partial charge >= 0.3 is 0 Å². The van der Waals surface area contributed by atoms with Gasteiger partial charge in [0.2, 0.25) is 0 Å². The van der Waals surface area contributed by atoms with Crippen molar-refractivity contribution in [3.8, 4) is 0 Å². The molecule has 1 unspecified atom stereocenters. The highest BCUT2D eigenvalue weighted by Gasteiger charge is 2.18. The van der Waals surface area contributed by atoms with Crippen LogP contribution >= 0.6 is 0 Å². The summed E-state index contributed by atoms with van der Waals surface area (Å²) in [5.74, 6) is 1.37. The van der Waals surface area contributed by atoms with Crippen molar-refractivity contribution in [1.29, 1.82) is 5.41 Å².